The molecule has 0 unspecified atom stereocenters. The number of aromatic nitrogens is 3. The minimum absolute atomic E-state index is 0.0107. The largest absolute Gasteiger partial charge is 0.496 e. The Morgan fingerprint density at radius 2 is 1.83 bits per heavy atom. The molecule has 0 atom stereocenters. The van der Waals surface area contributed by atoms with E-state index in [9.17, 15) is 22.4 Å². The number of aryl methyl sites for hydroxylation is 1. The number of carboxylic acid groups (broad SMARTS) is 1. The Balaban J connectivity index is 0.000000454. The lowest BCUT2D eigenvalue weighted by Crippen LogP contribution is -2.21. The number of H-pyrrole nitrogens is 1. The van der Waals surface area contributed by atoms with Crippen LogP contribution in [0.2, 0.25) is 0 Å². The Bertz CT molecular complexity index is 1470. The summed E-state index contributed by atoms with van der Waals surface area (Å²) >= 11 is 0. The van der Waals surface area contributed by atoms with Crippen LogP contribution in [0.4, 0.5) is 40.7 Å². The molecule has 0 fully saturated rings. The highest BCUT2D eigenvalue weighted by atomic mass is 19.4. The van der Waals surface area contributed by atoms with Crippen molar-refractivity contribution in [2.24, 2.45) is 0 Å². The van der Waals surface area contributed by atoms with Gasteiger partial charge in [-0.3, -0.25) is 4.98 Å². The van der Waals surface area contributed by atoms with Crippen LogP contribution in [-0.4, -0.2) is 39.3 Å². The van der Waals surface area contributed by atoms with Crippen molar-refractivity contribution in [1.82, 2.24) is 15.0 Å². The summed E-state index contributed by atoms with van der Waals surface area (Å²) in [7, 11) is 1.60. The summed E-state index contributed by atoms with van der Waals surface area (Å²) in [5, 5.41) is 13.1. The number of nitrogens with zero attached hydrogens (tertiary/aromatic N) is 2. The van der Waals surface area contributed by atoms with Gasteiger partial charge >= 0.3 is 17.9 Å². The van der Waals surface area contributed by atoms with Crippen molar-refractivity contribution < 1.29 is 36.6 Å². The zero-order valence-corrected chi connectivity index (χ0v) is 19.0. The van der Waals surface area contributed by atoms with Gasteiger partial charge in [-0.1, -0.05) is 0 Å². The quantitative estimate of drug-likeness (QED) is 0.279. The van der Waals surface area contributed by atoms with Crippen LogP contribution in [-0.2, 0) is 4.79 Å². The Kier molecular flexibility index (Phi) is 7.46. The fourth-order valence-electron chi connectivity index (χ4n) is 2.92. The summed E-state index contributed by atoms with van der Waals surface area (Å²) in [5.41, 5.74) is 4.23. The van der Waals surface area contributed by atoms with Crippen LogP contribution < -0.4 is 21.1 Å². The molecular formula is C22H19F4N5O5. The third kappa shape index (κ3) is 6.28. The normalized spacial score (nSPS) is 11.0. The third-order valence-electron chi connectivity index (χ3n) is 4.76. The summed E-state index contributed by atoms with van der Waals surface area (Å²) in [5.74, 6) is -2.99. The molecule has 36 heavy (non-hydrogen) atoms. The zero-order valence-electron chi connectivity index (χ0n) is 19.0. The maximum Gasteiger partial charge on any atom is 0.490 e. The number of carboxylic acids is 1. The molecule has 0 aliphatic carbocycles. The minimum atomic E-state index is -5.08. The van der Waals surface area contributed by atoms with Crippen molar-refractivity contribution >= 4 is 40.2 Å². The van der Waals surface area contributed by atoms with E-state index in [2.05, 4.69) is 25.6 Å². The summed E-state index contributed by atoms with van der Waals surface area (Å²) in [6, 6.07) is 8.65. The molecular weight excluding hydrogens is 490 g/mol. The predicted octanol–water partition coefficient (Wildman–Crippen LogP) is 4.80. The van der Waals surface area contributed by atoms with Crippen molar-refractivity contribution in [3.05, 3.63) is 64.0 Å². The van der Waals surface area contributed by atoms with Gasteiger partial charge in [0.1, 0.15) is 5.75 Å². The topological polar surface area (TPSA) is 142 Å². The maximum absolute atomic E-state index is 14.2. The molecule has 0 radical (unpaired) electrons. The SMILES string of the molecule is COc1cc(Nc2ncc(F)c(Nc3ccc4oc(=O)[nH]c4c3)n2)cc(C)c1C.O=C(O)C(F)(F)F. The van der Waals surface area contributed by atoms with Crippen LogP contribution in [0.3, 0.4) is 0 Å². The molecule has 0 saturated carbocycles. The van der Waals surface area contributed by atoms with Gasteiger partial charge in [0.2, 0.25) is 5.95 Å². The second-order valence-corrected chi connectivity index (χ2v) is 7.29. The molecule has 2 aromatic heterocycles. The summed E-state index contributed by atoms with van der Waals surface area (Å²) in [4.78, 5) is 30.9. The number of ether oxygens (including phenoxy) is 1. The highest BCUT2D eigenvalue weighted by Gasteiger charge is 2.38. The van der Waals surface area contributed by atoms with E-state index in [-0.39, 0.29) is 11.8 Å². The number of aromatic amines is 1. The maximum atomic E-state index is 14.2. The standard InChI is InChI=1S/C20H18FN5O3.C2HF3O2/c1-10-6-13(8-17(28-3)11(10)2)24-19-22-9-14(21)18(26-19)23-12-4-5-16-15(7-12)25-20(27)29-16;3-2(4,5)1(6)7/h4-9H,1-3H3,(H,25,27)(H2,22,23,24,26);(H,6,7). The Morgan fingerprint density at radius 3 is 2.47 bits per heavy atom. The van der Waals surface area contributed by atoms with Gasteiger partial charge in [0.15, 0.2) is 17.2 Å². The van der Waals surface area contributed by atoms with E-state index < -0.39 is 23.7 Å². The summed E-state index contributed by atoms with van der Waals surface area (Å²) < 4.78 is 56.3. The summed E-state index contributed by atoms with van der Waals surface area (Å²) in [6.07, 6.45) is -4.01. The fourth-order valence-corrected chi connectivity index (χ4v) is 2.92. The number of nitrogens with one attached hydrogen (secondary N) is 3. The van der Waals surface area contributed by atoms with E-state index in [4.69, 9.17) is 19.1 Å². The number of fused-ring (bicyclic) bond motifs is 1. The second-order valence-electron chi connectivity index (χ2n) is 7.29. The average molecular weight is 509 g/mol. The molecule has 190 valence electrons. The van der Waals surface area contributed by atoms with E-state index in [0.717, 1.165) is 28.8 Å². The number of benzene rings is 2. The number of methoxy groups -OCH3 is 1. The van der Waals surface area contributed by atoms with Crippen molar-refractivity contribution in [3.8, 4) is 5.75 Å². The smallest absolute Gasteiger partial charge is 0.490 e. The van der Waals surface area contributed by atoms with Gasteiger partial charge in [0.05, 0.1) is 18.8 Å². The molecule has 4 rings (SSSR count). The minimum Gasteiger partial charge on any atom is -0.496 e. The Hall–Kier alpha value is -4.62. The first kappa shape index (κ1) is 26.0. The van der Waals surface area contributed by atoms with Crippen molar-refractivity contribution in [3.63, 3.8) is 0 Å². The lowest BCUT2D eigenvalue weighted by Gasteiger charge is -2.13. The zero-order chi connectivity index (χ0) is 26.6. The molecule has 4 N–H and O–H groups in total. The lowest BCUT2D eigenvalue weighted by molar-refractivity contribution is -0.192. The van der Waals surface area contributed by atoms with Crippen molar-refractivity contribution in [2.75, 3.05) is 17.7 Å². The van der Waals surface area contributed by atoms with Gasteiger partial charge < -0.3 is 24.9 Å². The van der Waals surface area contributed by atoms with Crippen molar-refractivity contribution in [2.45, 2.75) is 20.0 Å². The third-order valence-corrected chi connectivity index (χ3v) is 4.76. The number of alkyl halides is 3. The van der Waals surface area contributed by atoms with Gasteiger partial charge in [-0.05, 0) is 49.2 Å². The number of oxazole rings is 1. The molecule has 0 amide bonds. The molecule has 2 heterocycles. The molecule has 0 bridgehead atoms. The number of aliphatic carboxylic acids is 1. The van der Waals surface area contributed by atoms with E-state index in [1.807, 2.05) is 26.0 Å². The van der Waals surface area contributed by atoms with Crippen LogP contribution in [0.15, 0.2) is 45.7 Å². The van der Waals surface area contributed by atoms with Crippen LogP contribution in [0.25, 0.3) is 11.1 Å². The predicted molar refractivity (Wildman–Crippen MR) is 122 cm³/mol. The Labute approximate surface area is 200 Å². The lowest BCUT2D eigenvalue weighted by atomic mass is 10.1. The number of carbonyl (C=O) groups is 1. The van der Waals surface area contributed by atoms with Gasteiger partial charge in [-0.2, -0.15) is 18.2 Å². The number of halogens is 4. The fraction of sp³-hybridized carbons (Fsp3) is 0.182. The van der Waals surface area contributed by atoms with Crippen LogP contribution >= 0.6 is 0 Å². The van der Waals surface area contributed by atoms with Crippen LogP contribution in [0, 0.1) is 19.7 Å². The van der Waals surface area contributed by atoms with E-state index in [0.29, 0.717) is 16.8 Å². The van der Waals surface area contributed by atoms with Crippen molar-refractivity contribution in [1.29, 1.82) is 0 Å². The van der Waals surface area contributed by atoms with Crippen LogP contribution in [0.1, 0.15) is 11.1 Å². The van der Waals surface area contributed by atoms with Gasteiger partial charge in [-0.25, -0.2) is 19.0 Å². The first-order valence-corrected chi connectivity index (χ1v) is 10.0. The molecule has 0 aliphatic heterocycles. The summed E-state index contributed by atoms with van der Waals surface area (Å²) in [6.45, 7) is 3.94. The first-order valence-electron chi connectivity index (χ1n) is 10.0. The Morgan fingerprint density at radius 1 is 1.14 bits per heavy atom. The number of hydrogen-bond acceptors (Lipinski definition) is 8. The molecule has 0 aliphatic rings. The van der Waals surface area contributed by atoms with E-state index in [1.165, 1.54) is 0 Å². The first-order chi connectivity index (χ1) is 16.9. The molecule has 10 nitrogen and oxygen atoms in total. The van der Waals surface area contributed by atoms with Gasteiger partial charge in [-0.15, -0.1) is 0 Å². The monoisotopic (exact) mass is 509 g/mol. The molecule has 0 saturated heterocycles. The van der Waals surface area contributed by atoms with Gasteiger partial charge in [0.25, 0.3) is 0 Å². The van der Waals surface area contributed by atoms with E-state index in [1.54, 1.807) is 25.3 Å². The average Bonchev–Trinajstić information content (AvgIpc) is 3.17. The molecule has 4 aromatic rings. The van der Waals surface area contributed by atoms with Crippen LogP contribution in [0.5, 0.6) is 5.75 Å². The van der Waals surface area contributed by atoms with Gasteiger partial charge in [0, 0.05) is 17.4 Å². The second kappa shape index (κ2) is 10.3. The molecule has 0 spiro atoms. The highest BCUT2D eigenvalue weighted by molar-refractivity contribution is 5.78. The van der Waals surface area contributed by atoms with E-state index >= 15 is 0 Å². The number of anilines is 4. The molecule has 14 heteroatoms. The number of hydrogen-bond donors (Lipinski definition) is 4. The number of rotatable bonds is 5. The highest BCUT2D eigenvalue weighted by Crippen LogP contribution is 2.28. The molecule has 2 aromatic carbocycles.